The Balaban J connectivity index is 0.000000572. The number of nitrogen functional groups attached to an aromatic ring is 1. The summed E-state index contributed by atoms with van der Waals surface area (Å²) in [7, 11) is 1.74. The third kappa shape index (κ3) is 16.1. The lowest BCUT2D eigenvalue weighted by Crippen LogP contribution is -2.39. The smallest absolute Gasteiger partial charge is 0.410 e. The molecule has 0 saturated carbocycles. The molecule has 3 rings (SSSR count). The Morgan fingerprint density at radius 3 is 1.87 bits per heavy atom. The maximum Gasteiger partial charge on any atom is 0.410 e. The van der Waals surface area contributed by atoms with Gasteiger partial charge in [-0.2, -0.15) is 0 Å². The number of benzene rings is 2. The number of hydrogen-bond acceptors (Lipinski definition) is 6. The number of nitrogens with zero attached hydrogens (tertiary/aromatic N) is 1. The number of amides is 2. The molecule has 2 amide bonds. The molecule has 0 radical (unpaired) electrons. The van der Waals surface area contributed by atoms with Gasteiger partial charge in [0.05, 0.1) is 6.04 Å². The lowest BCUT2D eigenvalue weighted by molar-refractivity contribution is -0.122. The summed E-state index contributed by atoms with van der Waals surface area (Å²) in [6.45, 7) is 11.7. The second-order valence-electron chi connectivity index (χ2n) is 9.52. The highest BCUT2D eigenvalue weighted by Crippen LogP contribution is 2.14. The molecule has 1 aliphatic rings. The predicted octanol–water partition coefficient (Wildman–Crippen LogP) is 4.10. The van der Waals surface area contributed by atoms with Crippen LogP contribution in [-0.4, -0.2) is 61.3 Å². The fraction of sp³-hybridized carbons (Fsp3) is 0.448. The van der Waals surface area contributed by atoms with E-state index in [0.717, 1.165) is 31.5 Å². The van der Waals surface area contributed by atoms with Crippen LogP contribution < -0.4 is 16.4 Å². The number of rotatable bonds is 5. The molecule has 0 spiro atoms. The molecule has 0 aromatic heterocycles. The largest absolute Gasteiger partial charge is 0.444 e. The summed E-state index contributed by atoms with van der Waals surface area (Å²) in [5, 5.41) is 12.9. The molecule has 1 heterocycles. The van der Waals surface area contributed by atoms with Gasteiger partial charge in [-0.3, -0.25) is 10.2 Å². The fourth-order valence-electron chi connectivity index (χ4n) is 3.06. The number of ether oxygens (including phenoxy) is 1. The van der Waals surface area contributed by atoms with Crippen molar-refractivity contribution in [3.63, 3.8) is 0 Å². The summed E-state index contributed by atoms with van der Waals surface area (Å²) in [6, 6.07) is 19.0. The zero-order valence-electron chi connectivity index (χ0n) is 23.5. The molecule has 1 aliphatic heterocycles. The Hall–Kier alpha value is -3.72. The van der Waals surface area contributed by atoms with E-state index >= 15 is 0 Å². The quantitative estimate of drug-likeness (QED) is 0.341. The van der Waals surface area contributed by atoms with Crippen LogP contribution in [0.2, 0.25) is 0 Å². The van der Waals surface area contributed by atoms with Crippen molar-refractivity contribution in [2.75, 3.05) is 20.1 Å². The number of nitrogens with two attached hydrogens (primary N) is 1. The zero-order valence-corrected chi connectivity index (χ0v) is 23.5. The maximum atomic E-state index is 11.5. The SMILES string of the molecule is C=O.CC(C)(C)OC(=O)N1CCCCC1.CNC(C)C(=O)NCc1ccc(C(=N)N)cc1.c1ccccc1. The molecule has 9 nitrogen and oxygen atoms in total. The number of carbonyl (C=O) groups excluding carboxylic acids is 3. The van der Waals surface area contributed by atoms with E-state index < -0.39 is 0 Å². The van der Waals surface area contributed by atoms with E-state index in [-0.39, 0.29) is 29.5 Å². The molecule has 1 saturated heterocycles. The summed E-state index contributed by atoms with van der Waals surface area (Å²) < 4.78 is 5.26. The van der Waals surface area contributed by atoms with Gasteiger partial charge in [0.2, 0.25) is 5.91 Å². The van der Waals surface area contributed by atoms with Crippen LogP contribution in [0, 0.1) is 5.41 Å². The highest BCUT2D eigenvalue weighted by atomic mass is 16.6. The molecule has 1 fully saturated rings. The van der Waals surface area contributed by atoms with Gasteiger partial charge in [-0.05, 0) is 59.6 Å². The van der Waals surface area contributed by atoms with Gasteiger partial charge in [-0.1, -0.05) is 60.7 Å². The van der Waals surface area contributed by atoms with Crippen molar-refractivity contribution in [3.05, 3.63) is 71.8 Å². The summed E-state index contributed by atoms with van der Waals surface area (Å²) in [4.78, 5) is 32.8. The van der Waals surface area contributed by atoms with Crippen molar-refractivity contribution in [1.82, 2.24) is 15.5 Å². The number of amidine groups is 1. The minimum atomic E-state index is -0.367. The number of piperidine rings is 1. The van der Waals surface area contributed by atoms with Gasteiger partial charge in [0, 0.05) is 25.2 Å². The van der Waals surface area contributed by atoms with Gasteiger partial charge in [-0.25, -0.2) is 4.79 Å². The molecule has 1 atom stereocenters. The summed E-state index contributed by atoms with van der Waals surface area (Å²) >= 11 is 0. The Morgan fingerprint density at radius 1 is 1.00 bits per heavy atom. The number of likely N-dealkylation sites (N-methyl/N-ethyl adjacent to an activating group) is 1. The van der Waals surface area contributed by atoms with E-state index in [1.165, 1.54) is 6.42 Å². The average Bonchev–Trinajstić information content (AvgIpc) is 2.93. The monoisotopic (exact) mass is 527 g/mol. The number of carbonyl (C=O) groups is 3. The van der Waals surface area contributed by atoms with E-state index in [4.69, 9.17) is 20.7 Å². The maximum absolute atomic E-state index is 11.5. The first-order chi connectivity index (χ1) is 18.0. The molecule has 38 heavy (non-hydrogen) atoms. The van der Waals surface area contributed by atoms with Crippen LogP contribution in [-0.2, 0) is 20.9 Å². The highest BCUT2D eigenvalue weighted by Gasteiger charge is 2.22. The number of nitrogens with one attached hydrogen (secondary N) is 3. The van der Waals surface area contributed by atoms with Crippen molar-refractivity contribution in [1.29, 1.82) is 5.41 Å². The summed E-state index contributed by atoms with van der Waals surface area (Å²) in [5.74, 6) is 0.00698. The van der Waals surface area contributed by atoms with Crippen molar-refractivity contribution in [2.45, 2.75) is 65.1 Å². The first-order valence-corrected chi connectivity index (χ1v) is 12.7. The van der Waals surface area contributed by atoms with Gasteiger partial charge in [-0.15, -0.1) is 0 Å². The van der Waals surface area contributed by atoms with E-state index in [2.05, 4.69) is 10.6 Å². The van der Waals surface area contributed by atoms with Crippen molar-refractivity contribution in [3.8, 4) is 0 Å². The van der Waals surface area contributed by atoms with E-state index in [9.17, 15) is 9.59 Å². The van der Waals surface area contributed by atoms with Crippen LogP contribution >= 0.6 is 0 Å². The minimum Gasteiger partial charge on any atom is -0.444 e. The molecule has 2 aromatic carbocycles. The van der Waals surface area contributed by atoms with Crippen molar-refractivity contribution < 1.29 is 19.1 Å². The molecule has 210 valence electrons. The molecule has 9 heteroatoms. The second-order valence-corrected chi connectivity index (χ2v) is 9.52. The lowest BCUT2D eigenvalue weighted by Gasteiger charge is -2.29. The number of hydrogen-bond donors (Lipinski definition) is 4. The first kappa shape index (κ1) is 34.3. The molecule has 1 unspecified atom stereocenters. The second kappa shape index (κ2) is 19.4. The molecular formula is C29H45N5O4. The summed E-state index contributed by atoms with van der Waals surface area (Å²) in [5.41, 5.74) is 6.64. The lowest BCUT2D eigenvalue weighted by atomic mass is 10.1. The van der Waals surface area contributed by atoms with Crippen LogP contribution in [0.4, 0.5) is 4.79 Å². The highest BCUT2D eigenvalue weighted by molar-refractivity contribution is 5.94. The molecule has 0 aliphatic carbocycles. The Bertz CT molecular complexity index is 898. The van der Waals surface area contributed by atoms with Gasteiger partial charge >= 0.3 is 6.09 Å². The van der Waals surface area contributed by atoms with E-state index in [0.29, 0.717) is 12.1 Å². The first-order valence-electron chi connectivity index (χ1n) is 12.7. The van der Waals surface area contributed by atoms with Crippen LogP contribution in [0.1, 0.15) is 58.1 Å². The normalized spacial score (nSPS) is 13.0. The van der Waals surface area contributed by atoms with Gasteiger partial charge in [0.25, 0.3) is 0 Å². The van der Waals surface area contributed by atoms with Crippen LogP contribution in [0.3, 0.4) is 0 Å². The van der Waals surface area contributed by atoms with Gasteiger partial charge in [0.1, 0.15) is 18.2 Å². The van der Waals surface area contributed by atoms with Gasteiger partial charge in [0.15, 0.2) is 0 Å². The van der Waals surface area contributed by atoms with E-state index in [1.54, 1.807) is 31.0 Å². The van der Waals surface area contributed by atoms with Crippen LogP contribution in [0.15, 0.2) is 60.7 Å². The molecule has 2 aromatic rings. The topological polar surface area (TPSA) is 138 Å². The predicted molar refractivity (Wildman–Crippen MR) is 153 cm³/mol. The Labute approximate surface area is 227 Å². The zero-order chi connectivity index (χ0) is 29.0. The van der Waals surface area contributed by atoms with Crippen molar-refractivity contribution in [2.24, 2.45) is 5.73 Å². The Kier molecular flexibility index (Phi) is 17.5. The van der Waals surface area contributed by atoms with Crippen molar-refractivity contribution >= 4 is 24.6 Å². The van der Waals surface area contributed by atoms with Gasteiger partial charge < -0.3 is 30.8 Å². The third-order valence-electron chi connectivity index (χ3n) is 5.23. The Morgan fingerprint density at radius 2 is 1.47 bits per heavy atom. The van der Waals surface area contributed by atoms with E-state index in [1.807, 2.05) is 76.1 Å². The number of likely N-dealkylation sites (tertiary alicyclic amines) is 1. The van der Waals surface area contributed by atoms with Crippen LogP contribution in [0.5, 0.6) is 0 Å². The average molecular weight is 528 g/mol. The fourth-order valence-corrected chi connectivity index (χ4v) is 3.06. The molecule has 0 bridgehead atoms. The third-order valence-corrected chi connectivity index (χ3v) is 5.23. The molecular weight excluding hydrogens is 482 g/mol. The van der Waals surface area contributed by atoms with Crippen LogP contribution in [0.25, 0.3) is 0 Å². The molecule has 5 N–H and O–H groups in total. The standard InChI is InChI=1S/C12H18N4O.C10H19NO2.C6H6.CH2O/c1-8(15-2)12(17)16-7-9-3-5-10(6-4-9)11(13)14;1-10(2,3)13-9(12)11-7-5-4-6-8-11;1-2-4-6-5-3-1;1-2/h3-6,8,15H,7H2,1-2H3,(H3,13,14)(H,16,17);4-8H2,1-3H3;1-6H;1H2. The summed E-state index contributed by atoms with van der Waals surface area (Å²) in [6.07, 6.45) is 3.30. The minimum absolute atomic E-state index is 0.0388.